The lowest BCUT2D eigenvalue weighted by molar-refractivity contribution is 0.0391. The zero-order chi connectivity index (χ0) is 24.6. The Hall–Kier alpha value is -2.88. The molecule has 1 amide bonds. The molecular formula is C26H33N3O5S. The van der Waals surface area contributed by atoms with Crippen molar-refractivity contribution in [3.05, 3.63) is 42.0 Å². The molecule has 1 fully saturated rings. The van der Waals surface area contributed by atoms with Crippen molar-refractivity contribution in [1.82, 2.24) is 9.88 Å². The van der Waals surface area contributed by atoms with Crippen LogP contribution in [0.5, 0.6) is 17.2 Å². The molecule has 1 aliphatic rings. The second-order valence-corrected chi connectivity index (χ2v) is 8.98. The van der Waals surface area contributed by atoms with Crippen LogP contribution in [-0.2, 0) is 4.74 Å². The van der Waals surface area contributed by atoms with E-state index in [0.29, 0.717) is 67.5 Å². The number of para-hydroxylation sites is 1. The van der Waals surface area contributed by atoms with Crippen LogP contribution >= 0.6 is 11.3 Å². The van der Waals surface area contributed by atoms with Gasteiger partial charge in [0.25, 0.3) is 5.91 Å². The number of benzene rings is 2. The van der Waals surface area contributed by atoms with Crippen LogP contribution < -0.4 is 19.1 Å². The fourth-order valence-corrected chi connectivity index (χ4v) is 4.98. The van der Waals surface area contributed by atoms with Crippen LogP contribution in [0.4, 0.5) is 5.13 Å². The molecular weight excluding hydrogens is 466 g/mol. The van der Waals surface area contributed by atoms with Gasteiger partial charge in [-0.15, -0.1) is 0 Å². The largest absolute Gasteiger partial charge is 0.490 e. The Labute approximate surface area is 210 Å². The zero-order valence-corrected chi connectivity index (χ0v) is 21.4. The molecule has 2 aromatic carbocycles. The van der Waals surface area contributed by atoms with Gasteiger partial charge in [0, 0.05) is 31.7 Å². The minimum atomic E-state index is -0.151. The second kappa shape index (κ2) is 12.2. The van der Waals surface area contributed by atoms with E-state index in [2.05, 4.69) is 4.90 Å². The van der Waals surface area contributed by atoms with Gasteiger partial charge in [-0.1, -0.05) is 23.5 Å². The van der Waals surface area contributed by atoms with E-state index in [1.807, 2.05) is 45.0 Å². The first-order valence-electron chi connectivity index (χ1n) is 12.2. The first-order chi connectivity index (χ1) is 17.1. The van der Waals surface area contributed by atoms with Gasteiger partial charge in [0.1, 0.15) is 0 Å². The van der Waals surface area contributed by atoms with Gasteiger partial charge < -0.3 is 18.9 Å². The van der Waals surface area contributed by atoms with Gasteiger partial charge >= 0.3 is 0 Å². The van der Waals surface area contributed by atoms with Crippen LogP contribution in [0.3, 0.4) is 0 Å². The number of morpholine rings is 1. The first kappa shape index (κ1) is 25.2. The van der Waals surface area contributed by atoms with E-state index in [-0.39, 0.29) is 5.91 Å². The van der Waals surface area contributed by atoms with Gasteiger partial charge in [-0.2, -0.15) is 0 Å². The highest BCUT2D eigenvalue weighted by Crippen LogP contribution is 2.40. The van der Waals surface area contributed by atoms with E-state index in [0.717, 1.165) is 29.9 Å². The number of nitrogens with zero attached hydrogens (tertiary/aromatic N) is 3. The van der Waals surface area contributed by atoms with Crippen LogP contribution in [0, 0.1) is 0 Å². The molecule has 0 spiro atoms. The number of rotatable bonds is 11. The number of thiazole rings is 1. The molecule has 3 aromatic rings. The molecule has 8 nitrogen and oxygen atoms in total. The summed E-state index contributed by atoms with van der Waals surface area (Å²) in [5, 5.41) is 0.675. The van der Waals surface area contributed by atoms with Gasteiger partial charge in [-0.25, -0.2) is 4.98 Å². The van der Waals surface area contributed by atoms with Gasteiger partial charge in [-0.3, -0.25) is 14.6 Å². The van der Waals surface area contributed by atoms with Crippen LogP contribution in [0.1, 0.15) is 31.1 Å². The van der Waals surface area contributed by atoms with Crippen molar-refractivity contribution in [2.75, 3.05) is 64.1 Å². The third-order valence-corrected chi connectivity index (χ3v) is 6.72. The lowest BCUT2D eigenvalue weighted by Gasteiger charge is -2.29. The molecule has 0 atom stereocenters. The second-order valence-electron chi connectivity index (χ2n) is 7.98. The topological polar surface area (TPSA) is 73.4 Å². The number of carbonyl (C=O) groups excluding carboxylic acids is 1. The minimum Gasteiger partial charge on any atom is -0.490 e. The van der Waals surface area contributed by atoms with E-state index in [9.17, 15) is 4.79 Å². The molecule has 0 aliphatic carbocycles. The van der Waals surface area contributed by atoms with E-state index in [4.69, 9.17) is 23.9 Å². The van der Waals surface area contributed by atoms with Crippen molar-refractivity contribution < 1.29 is 23.7 Å². The van der Waals surface area contributed by atoms with Crippen LogP contribution in [0.25, 0.3) is 10.2 Å². The smallest absolute Gasteiger partial charge is 0.260 e. The third-order valence-electron chi connectivity index (χ3n) is 5.66. The SMILES string of the molecule is CCOc1cc(C(=O)N(CCN2CCOCC2)c2nc3ccccc3s2)cc(OCC)c1OCC. The van der Waals surface area contributed by atoms with Crippen molar-refractivity contribution in [3.8, 4) is 17.2 Å². The maximum Gasteiger partial charge on any atom is 0.260 e. The average molecular weight is 500 g/mol. The molecule has 0 radical (unpaired) electrons. The number of hydrogen-bond donors (Lipinski definition) is 0. The molecule has 4 rings (SSSR count). The molecule has 0 N–H and O–H groups in total. The Morgan fingerprint density at radius 1 is 1.03 bits per heavy atom. The molecule has 1 aliphatic heterocycles. The van der Waals surface area contributed by atoms with Gasteiger partial charge in [-0.05, 0) is 45.0 Å². The summed E-state index contributed by atoms with van der Waals surface area (Å²) < 4.78 is 24.0. The highest BCUT2D eigenvalue weighted by atomic mass is 32.1. The van der Waals surface area contributed by atoms with Gasteiger partial charge in [0.05, 0.1) is 43.3 Å². The molecule has 2 heterocycles. The molecule has 0 bridgehead atoms. The number of hydrogen-bond acceptors (Lipinski definition) is 8. The summed E-state index contributed by atoms with van der Waals surface area (Å²) in [5.41, 5.74) is 1.36. The quantitative estimate of drug-likeness (QED) is 0.385. The summed E-state index contributed by atoms with van der Waals surface area (Å²) in [4.78, 5) is 22.8. The standard InChI is InChI=1S/C26H33N3O5S/c1-4-32-21-17-19(18-22(33-5-2)24(21)34-6-3)25(30)29(12-11-28-13-15-31-16-14-28)26-27-20-9-7-8-10-23(20)35-26/h7-10,17-18H,4-6,11-16H2,1-3H3. The van der Waals surface area contributed by atoms with E-state index >= 15 is 0 Å². The lowest BCUT2D eigenvalue weighted by Crippen LogP contribution is -2.43. The number of ether oxygens (including phenoxy) is 4. The van der Waals surface area contributed by atoms with Crippen LogP contribution in [-0.4, -0.2) is 75.0 Å². The Morgan fingerprint density at radius 3 is 2.31 bits per heavy atom. The number of aromatic nitrogens is 1. The highest BCUT2D eigenvalue weighted by molar-refractivity contribution is 7.22. The number of fused-ring (bicyclic) bond motifs is 1. The first-order valence-corrected chi connectivity index (χ1v) is 13.0. The molecule has 1 aromatic heterocycles. The van der Waals surface area contributed by atoms with Crippen molar-refractivity contribution in [2.45, 2.75) is 20.8 Å². The monoisotopic (exact) mass is 499 g/mol. The zero-order valence-electron chi connectivity index (χ0n) is 20.6. The number of carbonyl (C=O) groups is 1. The van der Waals surface area contributed by atoms with Gasteiger partial charge in [0.15, 0.2) is 16.6 Å². The Kier molecular flexibility index (Phi) is 8.79. The van der Waals surface area contributed by atoms with Crippen molar-refractivity contribution in [2.24, 2.45) is 0 Å². The Balaban J connectivity index is 1.70. The van der Waals surface area contributed by atoms with Gasteiger partial charge in [0.2, 0.25) is 5.75 Å². The molecule has 9 heteroatoms. The summed E-state index contributed by atoms with van der Waals surface area (Å²) in [7, 11) is 0. The lowest BCUT2D eigenvalue weighted by atomic mass is 10.1. The fraction of sp³-hybridized carbons (Fsp3) is 0.462. The fourth-order valence-electron chi connectivity index (χ4n) is 3.99. The summed E-state index contributed by atoms with van der Waals surface area (Å²) >= 11 is 1.52. The summed E-state index contributed by atoms with van der Waals surface area (Å²) in [5.74, 6) is 1.37. The van der Waals surface area contributed by atoms with E-state index in [1.165, 1.54) is 11.3 Å². The van der Waals surface area contributed by atoms with Crippen LogP contribution in [0.15, 0.2) is 36.4 Å². The van der Waals surface area contributed by atoms with Crippen molar-refractivity contribution in [3.63, 3.8) is 0 Å². The molecule has 1 saturated heterocycles. The molecule has 35 heavy (non-hydrogen) atoms. The normalized spacial score (nSPS) is 14.1. The minimum absolute atomic E-state index is 0.151. The average Bonchev–Trinajstić information content (AvgIpc) is 3.30. The maximum atomic E-state index is 14.0. The van der Waals surface area contributed by atoms with E-state index < -0.39 is 0 Å². The van der Waals surface area contributed by atoms with Crippen molar-refractivity contribution >= 4 is 32.6 Å². The predicted molar refractivity (Wildman–Crippen MR) is 139 cm³/mol. The third kappa shape index (κ3) is 6.04. The van der Waals surface area contributed by atoms with Crippen molar-refractivity contribution in [1.29, 1.82) is 0 Å². The molecule has 188 valence electrons. The Morgan fingerprint density at radius 2 is 1.69 bits per heavy atom. The highest BCUT2D eigenvalue weighted by Gasteiger charge is 2.26. The summed E-state index contributed by atoms with van der Waals surface area (Å²) in [6, 6.07) is 11.4. The Bertz CT molecular complexity index is 1070. The summed E-state index contributed by atoms with van der Waals surface area (Å²) in [6.45, 7) is 11.5. The van der Waals surface area contributed by atoms with E-state index in [1.54, 1.807) is 17.0 Å². The number of anilines is 1. The predicted octanol–water partition coefficient (Wildman–Crippen LogP) is 4.47. The number of amides is 1. The van der Waals surface area contributed by atoms with Crippen LogP contribution in [0.2, 0.25) is 0 Å². The maximum absolute atomic E-state index is 14.0. The molecule has 0 saturated carbocycles. The molecule has 0 unspecified atom stereocenters. The summed E-state index contributed by atoms with van der Waals surface area (Å²) in [6.07, 6.45) is 0.